The molecule has 0 amide bonds. The average Bonchev–Trinajstić information content (AvgIpc) is 2.54. The molecule has 2 aliphatic heterocycles. The van der Waals surface area contributed by atoms with Gasteiger partial charge in [0.05, 0.1) is 13.2 Å². The smallest absolute Gasteiger partial charge is 0.394 e. The molecule has 0 aromatic heterocycles. The SMILES string of the molecule is Cc1c(C(F)(F)F)nc2c(=O)[nH]c(=O)nc-2n1C[C@H](O)[C@H](O)[C@H](O)CO. The third-order valence-electron chi connectivity index (χ3n) is 3.70. The van der Waals surface area contributed by atoms with Crippen LogP contribution in [0.3, 0.4) is 0 Å². The van der Waals surface area contributed by atoms with Crippen molar-refractivity contribution in [3.05, 3.63) is 32.2 Å². The van der Waals surface area contributed by atoms with Gasteiger partial charge in [0.2, 0.25) is 0 Å². The molecule has 2 aliphatic rings. The van der Waals surface area contributed by atoms with Gasteiger partial charge in [-0.2, -0.15) is 18.2 Å². The minimum Gasteiger partial charge on any atom is -0.394 e. The van der Waals surface area contributed by atoms with E-state index < -0.39 is 71.8 Å². The van der Waals surface area contributed by atoms with E-state index in [0.717, 1.165) is 6.92 Å². The molecule has 0 spiro atoms. The standard InChI is InChI=1S/C13H15F3N4O6/c1-4-9(13(14,15)16)17-7-10(18-12(26)19-11(7)25)20(4)2-5(22)8(24)6(23)3-21/h5-6,8,21-24H,2-3H2,1H3,(H,19,25,26)/t5-,6+,8-/m0/s1. The molecule has 5 N–H and O–H groups in total. The Labute approximate surface area is 142 Å². The second-order valence-electron chi connectivity index (χ2n) is 5.51. The molecule has 2 rings (SSSR count). The molecular weight excluding hydrogens is 365 g/mol. The summed E-state index contributed by atoms with van der Waals surface area (Å²) in [7, 11) is 0. The average molecular weight is 380 g/mol. The van der Waals surface area contributed by atoms with Crippen LogP contribution in [0.25, 0.3) is 11.5 Å². The summed E-state index contributed by atoms with van der Waals surface area (Å²) >= 11 is 0. The van der Waals surface area contributed by atoms with Crippen LogP contribution in [-0.4, -0.2) is 64.9 Å². The van der Waals surface area contributed by atoms with Gasteiger partial charge < -0.3 is 25.0 Å². The topological polar surface area (TPSA) is 162 Å². The number of hydrogen-bond acceptors (Lipinski definition) is 8. The number of halogens is 3. The van der Waals surface area contributed by atoms with Crippen molar-refractivity contribution in [1.82, 2.24) is 19.5 Å². The number of aliphatic hydroxyl groups excluding tert-OH is 4. The van der Waals surface area contributed by atoms with Gasteiger partial charge in [-0.25, -0.2) is 9.78 Å². The highest BCUT2D eigenvalue weighted by atomic mass is 19.4. The summed E-state index contributed by atoms with van der Waals surface area (Å²) in [5.74, 6) is -0.533. The predicted octanol–water partition coefficient (Wildman–Crippen LogP) is -2.17. The molecular formula is C13H15F3N4O6. The molecule has 0 aliphatic carbocycles. The zero-order valence-corrected chi connectivity index (χ0v) is 13.2. The molecule has 0 fully saturated rings. The number of H-pyrrole nitrogens is 1. The highest BCUT2D eigenvalue weighted by molar-refractivity contribution is 5.51. The fourth-order valence-electron chi connectivity index (χ4n) is 2.35. The zero-order valence-electron chi connectivity index (χ0n) is 13.2. The minimum atomic E-state index is -4.95. The number of nitrogens with one attached hydrogen (secondary N) is 1. The maximum atomic E-state index is 13.2. The van der Waals surface area contributed by atoms with E-state index >= 15 is 0 Å². The van der Waals surface area contributed by atoms with Gasteiger partial charge >= 0.3 is 11.9 Å². The predicted molar refractivity (Wildman–Crippen MR) is 78.4 cm³/mol. The summed E-state index contributed by atoms with van der Waals surface area (Å²) in [4.78, 5) is 31.5. The first kappa shape index (κ1) is 20.0. The Bertz CT molecular complexity index is 880. The fraction of sp³-hybridized carbons (Fsp3) is 0.538. The Hall–Kier alpha value is -2.35. The van der Waals surface area contributed by atoms with Crippen molar-refractivity contribution in [3.63, 3.8) is 0 Å². The fourth-order valence-corrected chi connectivity index (χ4v) is 2.35. The summed E-state index contributed by atoms with van der Waals surface area (Å²) in [6.45, 7) is -0.693. The van der Waals surface area contributed by atoms with Crippen LogP contribution >= 0.6 is 0 Å². The molecule has 0 radical (unpaired) electrons. The van der Waals surface area contributed by atoms with Crippen LogP contribution in [0.2, 0.25) is 0 Å². The maximum absolute atomic E-state index is 13.2. The number of hydrogen-bond donors (Lipinski definition) is 5. The van der Waals surface area contributed by atoms with Gasteiger partial charge in [0.1, 0.15) is 18.3 Å². The molecule has 0 aromatic carbocycles. The van der Waals surface area contributed by atoms with E-state index in [1.54, 1.807) is 4.98 Å². The second kappa shape index (κ2) is 7.11. The van der Waals surface area contributed by atoms with Crippen molar-refractivity contribution >= 4 is 0 Å². The molecule has 26 heavy (non-hydrogen) atoms. The van der Waals surface area contributed by atoms with Crippen molar-refractivity contribution in [3.8, 4) is 11.5 Å². The molecule has 0 saturated carbocycles. The lowest BCUT2D eigenvalue weighted by Gasteiger charge is -2.26. The molecule has 0 saturated heterocycles. The van der Waals surface area contributed by atoms with E-state index in [2.05, 4.69) is 9.97 Å². The van der Waals surface area contributed by atoms with E-state index in [-0.39, 0.29) is 0 Å². The first-order chi connectivity index (χ1) is 12.0. The van der Waals surface area contributed by atoms with Crippen molar-refractivity contribution < 1.29 is 33.6 Å². The quantitative estimate of drug-likeness (QED) is 0.392. The number of rotatable bonds is 5. The third-order valence-corrected chi connectivity index (χ3v) is 3.70. The molecule has 13 heteroatoms. The molecule has 0 aromatic rings. The van der Waals surface area contributed by atoms with Gasteiger partial charge in [-0.1, -0.05) is 0 Å². The molecule has 10 nitrogen and oxygen atoms in total. The van der Waals surface area contributed by atoms with Gasteiger partial charge in [0, 0.05) is 5.69 Å². The first-order valence-electron chi connectivity index (χ1n) is 7.21. The van der Waals surface area contributed by atoms with E-state index in [9.17, 15) is 38.1 Å². The molecule has 2 heterocycles. The highest BCUT2D eigenvalue weighted by Gasteiger charge is 2.38. The maximum Gasteiger partial charge on any atom is 0.435 e. The largest absolute Gasteiger partial charge is 0.435 e. The molecule has 3 atom stereocenters. The Kier molecular flexibility index (Phi) is 5.46. The van der Waals surface area contributed by atoms with Crippen LogP contribution < -0.4 is 11.2 Å². The van der Waals surface area contributed by atoms with Crippen LogP contribution in [0, 0.1) is 6.92 Å². The lowest BCUT2D eigenvalue weighted by molar-refractivity contribution is -0.142. The number of aromatic nitrogens is 4. The number of nitrogens with zero attached hydrogens (tertiary/aromatic N) is 3. The van der Waals surface area contributed by atoms with Crippen LogP contribution in [-0.2, 0) is 12.7 Å². The normalized spacial score (nSPS) is 15.8. The number of fused-ring (bicyclic) bond motifs is 1. The summed E-state index contributed by atoms with van der Waals surface area (Å²) in [5, 5.41) is 37.8. The molecule has 144 valence electrons. The molecule has 0 unspecified atom stereocenters. The van der Waals surface area contributed by atoms with Gasteiger partial charge in [-0.3, -0.25) is 9.78 Å². The summed E-state index contributed by atoms with van der Waals surface area (Å²) in [6, 6.07) is 0. The Morgan fingerprint density at radius 3 is 2.31 bits per heavy atom. The summed E-state index contributed by atoms with van der Waals surface area (Å²) in [6.07, 6.45) is -10.5. The van der Waals surface area contributed by atoms with Gasteiger partial charge in [0.15, 0.2) is 17.2 Å². The highest BCUT2D eigenvalue weighted by Crippen LogP contribution is 2.32. The Morgan fingerprint density at radius 2 is 1.77 bits per heavy atom. The van der Waals surface area contributed by atoms with E-state index in [1.165, 1.54) is 0 Å². The van der Waals surface area contributed by atoms with E-state index in [1.807, 2.05) is 0 Å². The Balaban J connectivity index is 2.68. The molecule has 0 bridgehead atoms. The number of aromatic amines is 1. The second-order valence-corrected chi connectivity index (χ2v) is 5.51. The third kappa shape index (κ3) is 3.75. The number of alkyl halides is 3. The van der Waals surface area contributed by atoms with Gasteiger partial charge in [-0.05, 0) is 6.92 Å². The minimum absolute atomic E-state index is 0.533. The van der Waals surface area contributed by atoms with E-state index in [0.29, 0.717) is 4.57 Å². The summed E-state index contributed by atoms with van der Waals surface area (Å²) in [5.41, 5.74) is -5.15. The van der Waals surface area contributed by atoms with Crippen molar-refractivity contribution in [2.24, 2.45) is 0 Å². The van der Waals surface area contributed by atoms with Crippen molar-refractivity contribution in [2.75, 3.05) is 6.61 Å². The lowest BCUT2D eigenvalue weighted by atomic mass is 10.1. The van der Waals surface area contributed by atoms with Crippen LogP contribution in [0.15, 0.2) is 9.59 Å². The van der Waals surface area contributed by atoms with Crippen molar-refractivity contribution in [2.45, 2.75) is 38.0 Å². The lowest BCUT2D eigenvalue weighted by Crippen LogP contribution is -2.43. The first-order valence-corrected chi connectivity index (χ1v) is 7.21. The Morgan fingerprint density at radius 1 is 1.15 bits per heavy atom. The zero-order chi connectivity index (χ0) is 19.8. The van der Waals surface area contributed by atoms with E-state index in [4.69, 9.17) is 5.11 Å². The van der Waals surface area contributed by atoms with Crippen LogP contribution in [0.4, 0.5) is 13.2 Å². The van der Waals surface area contributed by atoms with Crippen LogP contribution in [0.1, 0.15) is 11.4 Å². The summed E-state index contributed by atoms with van der Waals surface area (Å²) < 4.78 is 40.3. The number of aliphatic hydroxyl groups is 4. The van der Waals surface area contributed by atoms with Crippen LogP contribution in [0.5, 0.6) is 0 Å². The van der Waals surface area contributed by atoms with Crippen molar-refractivity contribution in [1.29, 1.82) is 0 Å². The van der Waals surface area contributed by atoms with Gasteiger partial charge in [-0.15, -0.1) is 0 Å². The monoisotopic (exact) mass is 380 g/mol. The van der Waals surface area contributed by atoms with Gasteiger partial charge in [0.25, 0.3) is 5.56 Å².